The van der Waals surface area contributed by atoms with Crippen molar-refractivity contribution in [3.63, 3.8) is 0 Å². The van der Waals surface area contributed by atoms with Gasteiger partial charge in [0.05, 0.1) is 23.0 Å². The maximum atomic E-state index is 14.4. The third kappa shape index (κ3) is 5.78. The molecule has 0 radical (unpaired) electrons. The molecular weight excluding hydrogens is 498 g/mol. The van der Waals surface area contributed by atoms with Gasteiger partial charge in [0.25, 0.3) is 0 Å². The van der Waals surface area contributed by atoms with Crippen LogP contribution in [-0.2, 0) is 11.3 Å². The molecule has 0 spiro atoms. The molecule has 1 aromatic carbocycles. The molecule has 4 heterocycles. The van der Waals surface area contributed by atoms with Gasteiger partial charge in [-0.25, -0.2) is 4.79 Å². The number of rotatable bonds is 6. The molecule has 1 saturated carbocycles. The van der Waals surface area contributed by atoms with Crippen LogP contribution < -0.4 is 5.69 Å². The van der Waals surface area contributed by atoms with Crippen LogP contribution in [-0.4, -0.2) is 81.6 Å². The smallest absolute Gasteiger partial charge is 0.329 e. The lowest BCUT2D eigenvalue weighted by molar-refractivity contribution is -0.141. The fraction of sp³-hybridized carbons (Fsp3) is 0.758. The van der Waals surface area contributed by atoms with Crippen molar-refractivity contribution >= 4 is 16.9 Å². The van der Waals surface area contributed by atoms with Gasteiger partial charge in [-0.1, -0.05) is 44.2 Å². The largest absolute Gasteiger partial charge is 0.342 e. The van der Waals surface area contributed by atoms with Gasteiger partial charge in [-0.3, -0.25) is 13.9 Å². The summed E-state index contributed by atoms with van der Waals surface area (Å²) in [7, 11) is 0. The van der Waals surface area contributed by atoms with Crippen LogP contribution in [0.15, 0.2) is 29.1 Å². The van der Waals surface area contributed by atoms with Crippen molar-refractivity contribution in [2.75, 3.05) is 45.8 Å². The minimum absolute atomic E-state index is 0.0488. The summed E-state index contributed by atoms with van der Waals surface area (Å²) in [6.45, 7) is 9.73. The Balaban J connectivity index is 1.24. The van der Waals surface area contributed by atoms with Gasteiger partial charge >= 0.3 is 5.69 Å². The first-order valence-electron chi connectivity index (χ1n) is 16.6. The van der Waals surface area contributed by atoms with Crippen LogP contribution in [0.25, 0.3) is 11.0 Å². The SMILES string of the molecule is CCn1c(=O)n([C@H]2CCN(CC3CCCCCCC3)C[C@@H]2C(=O)N2CCC(N3CCCC3)CC2)c2ccccc21. The predicted octanol–water partition coefficient (Wildman–Crippen LogP) is 5.13. The number of amides is 1. The van der Waals surface area contributed by atoms with Crippen molar-refractivity contribution in [3.8, 4) is 0 Å². The molecule has 2 atom stereocenters. The lowest BCUT2D eigenvalue weighted by Crippen LogP contribution is -2.54. The molecule has 6 rings (SSSR count). The third-order valence-corrected chi connectivity index (χ3v) is 10.7. The Morgan fingerprint density at radius 2 is 1.48 bits per heavy atom. The van der Waals surface area contributed by atoms with Gasteiger partial charge in [-0.05, 0) is 83.0 Å². The Morgan fingerprint density at radius 3 is 2.17 bits per heavy atom. The standard InChI is InChI=1S/C33H51N5O2/c1-2-37-30-14-8-9-15-31(30)38(33(37)40)29-18-21-34(24-26-12-6-4-3-5-7-13-26)25-28(29)32(39)36-22-16-27(17-23-36)35-19-10-11-20-35/h8-9,14-15,26-29H,2-7,10-13,16-25H2,1H3/t28-,29-/m0/s1. The van der Waals surface area contributed by atoms with Crippen LogP contribution in [0.1, 0.15) is 90.0 Å². The highest BCUT2D eigenvalue weighted by Gasteiger charge is 2.41. The first-order valence-corrected chi connectivity index (χ1v) is 16.6. The number of benzene rings is 1. The minimum atomic E-state index is -0.167. The molecule has 1 aliphatic carbocycles. The van der Waals surface area contributed by atoms with Crippen molar-refractivity contribution in [3.05, 3.63) is 34.7 Å². The van der Waals surface area contributed by atoms with Gasteiger partial charge in [0, 0.05) is 45.3 Å². The molecule has 0 N–H and O–H groups in total. The van der Waals surface area contributed by atoms with E-state index in [4.69, 9.17) is 0 Å². The molecule has 220 valence electrons. The Kier molecular flexibility index (Phi) is 8.97. The Labute approximate surface area is 240 Å². The first-order chi connectivity index (χ1) is 19.6. The van der Waals surface area contributed by atoms with Crippen LogP contribution in [0, 0.1) is 11.8 Å². The van der Waals surface area contributed by atoms with Crippen molar-refractivity contribution in [1.82, 2.24) is 23.8 Å². The topological polar surface area (TPSA) is 53.7 Å². The normalized spacial score (nSPS) is 26.8. The molecular formula is C33H51N5O2. The number of likely N-dealkylation sites (tertiary alicyclic amines) is 3. The highest BCUT2D eigenvalue weighted by atomic mass is 16.2. The van der Waals surface area contributed by atoms with E-state index >= 15 is 0 Å². The zero-order valence-electron chi connectivity index (χ0n) is 24.8. The number of hydrogen-bond acceptors (Lipinski definition) is 4. The molecule has 4 fully saturated rings. The van der Waals surface area contributed by atoms with Crippen molar-refractivity contribution in [2.45, 2.75) is 103 Å². The molecule has 1 amide bonds. The minimum Gasteiger partial charge on any atom is -0.342 e. The Bertz CT molecular complexity index is 1180. The maximum Gasteiger partial charge on any atom is 0.329 e. The lowest BCUT2D eigenvalue weighted by Gasteiger charge is -2.43. The Morgan fingerprint density at radius 1 is 0.800 bits per heavy atom. The number of para-hydroxylation sites is 2. The van der Waals surface area contributed by atoms with Gasteiger partial charge in [0.15, 0.2) is 0 Å². The van der Waals surface area contributed by atoms with E-state index in [1.54, 1.807) is 0 Å². The maximum absolute atomic E-state index is 14.4. The van der Waals surface area contributed by atoms with Crippen LogP contribution in [0.4, 0.5) is 0 Å². The molecule has 7 nitrogen and oxygen atoms in total. The average molecular weight is 550 g/mol. The van der Waals surface area contributed by atoms with Gasteiger partial charge < -0.3 is 14.7 Å². The summed E-state index contributed by atoms with van der Waals surface area (Å²) in [4.78, 5) is 35.6. The first kappa shape index (κ1) is 28.0. The van der Waals surface area contributed by atoms with Crippen LogP contribution in [0.5, 0.6) is 0 Å². The second-order valence-corrected chi connectivity index (χ2v) is 13.1. The number of imidazole rings is 1. The van der Waals surface area contributed by atoms with Gasteiger partial charge in [-0.15, -0.1) is 0 Å². The number of fused-ring (bicyclic) bond motifs is 1. The lowest BCUT2D eigenvalue weighted by atomic mass is 9.86. The summed E-state index contributed by atoms with van der Waals surface area (Å²) in [5, 5.41) is 0. The zero-order valence-corrected chi connectivity index (χ0v) is 24.8. The fourth-order valence-electron chi connectivity index (χ4n) is 8.46. The molecule has 1 aromatic heterocycles. The number of hydrogen-bond donors (Lipinski definition) is 0. The predicted molar refractivity (Wildman–Crippen MR) is 162 cm³/mol. The molecule has 3 aliphatic heterocycles. The average Bonchev–Trinajstić information content (AvgIpc) is 3.60. The van der Waals surface area contributed by atoms with Crippen molar-refractivity contribution in [2.24, 2.45) is 11.8 Å². The van der Waals surface area contributed by atoms with E-state index in [0.717, 1.165) is 68.9 Å². The molecule has 2 aromatic rings. The van der Waals surface area contributed by atoms with Crippen molar-refractivity contribution in [1.29, 1.82) is 0 Å². The van der Waals surface area contributed by atoms with E-state index in [9.17, 15) is 9.59 Å². The van der Waals surface area contributed by atoms with E-state index in [-0.39, 0.29) is 23.6 Å². The number of piperidine rings is 2. The number of carbonyl (C=O) groups excluding carboxylic acids is 1. The second kappa shape index (κ2) is 12.8. The highest BCUT2D eigenvalue weighted by molar-refractivity contribution is 5.81. The molecule has 40 heavy (non-hydrogen) atoms. The second-order valence-electron chi connectivity index (χ2n) is 13.1. The summed E-state index contributed by atoms with van der Waals surface area (Å²) in [6.07, 6.45) is 15.2. The molecule has 0 unspecified atom stereocenters. The van der Waals surface area contributed by atoms with Gasteiger partial charge in [-0.2, -0.15) is 0 Å². The van der Waals surface area contributed by atoms with E-state index < -0.39 is 0 Å². The van der Waals surface area contributed by atoms with E-state index in [0.29, 0.717) is 12.6 Å². The molecule has 4 aliphatic rings. The van der Waals surface area contributed by atoms with E-state index in [2.05, 4.69) is 26.8 Å². The number of nitrogens with zero attached hydrogens (tertiary/aromatic N) is 5. The van der Waals surface area contributed by atoms with Gasteiger partial charge in [0.2, 0.25) is 5.91 Å². The number of carbonyl (C=O) groups is 1. The summed E-state index contributed by atoms with van der Waals surface area (Å²) in [5.41, 5.74) is 2.02. The number of aromatic nitrogens is 2. The summed E-state index contributed by atoms with van der Waals surface area (Å²) in [5.74, 6) is 0.862. The van der Waals surface area contributed by atoms with E-state index in [1.165, 1.54) is 70.9 Å². The fourth-order valence-corrected chi connectivity index (χ4v) is 8.46. The monoisotopic (exact) mass is 549 g/mol. The molecule has 7 heteroatoms. The zero-order chi connectivity index (χ0) is 27.5. The van der Waals surface area contributed by atoms with Crippen molar-refractivity contribution < 1.29 is 4.79 Å². The van der Waals surface area contributed by atoms with Crippen LogP contribution in [0.2, 0.25) is 0 Å². The molecule has 3 saturated heterocycles. The number of aryl methyl sites for hydroxylation is 1. The Hall–Kier alpha value is -2.12. The molecule has 0 bridgehead atoms. The summed E-state index contributed by atoms with van der Waals surface area (Å²) in [6, 6.07) is 8.73. The van der Waals surface area contributed by atoms with Crippen LogP contribution in [0.3, 0.4) is 0 Å². The summed E-state index contributed by atoms with van der Waals surface area (Å²) < 4.78 is 3.89. The van der Waals surface area contributed by atoms with Crippen LogP contribution >= 0.6 is 0 Å². The highest BCUT2D eigenvalue weighted by Crippen LogP contribution is 2.34. The third-order valence-electron chi connectivity index (χ3n) is 10.7. The van der Waals surface area contributed by atoms with E-state index in [1.807, 2.05) is 28.2 Å². The summed E-state index contributed by atoms with van der Waals surface area (Å²) >= 11 is 0. The van der Waals surface area contributed by atoms with Gasteiger partial charge in [0.1, 0.15) is 0 Å². The quantitative estimate of drug-likeness (QED) is 0.501.